The zero-order valence-corrected chi connectivity index (χ0v) is 14.9. The van der Waals surface area contributed by atoms with Crippen molar-refractivity contribution in [2.45, 2.75) is 19.5 Å². The van der Waals surface area contributed by atoms with E-state index >= 15 is 0 Å². The Bertz CT molecular complexity index is 893. The van der Waals surface area contributed by atoms with E-state index in [0.717, 1.165) is 43.2 Å². The lowest BCUT2D eigenvalue weighted by atomic mass is 10.1. The van der Waals surface area contributed by atoms with E-state index in [-0.39, 0.29) is 0 Å². The van der Waals surface area contributed by atoms with E-state index in [1.54, 1.807) is 20.5 Å². The molecule has 4 rings (SSSR count). The predicted octanol–water partition coefficient (Wildman–Crippen LogP) is 3.31. The number of ether oxygens (including phenoxy) is 2. The molecule has 26 heavy (non-hydrogen) atoms. The normalized spacial score (nSPS) is 14.1. The first-order valence-corrected chi connectivity index (χ1v) is 8.58. The van der Waals surface area contributed by atoms with E-state index in [4.69, 9.17) is 13.9 Å². The van der Waals surface area contributed by atoms with Gasteiger partial charge in [0.05, 0.1) is 26.2 Å². The summed E-state index contributed by atoms with van der Waals surface area (Å²) in [6, 6.07) is 9.79. The van der Waals surface area contributed by atoms with Gasteiger partial charge in [0.1, 0.15) is 0 Å². The van der Waals surface area contributed by atoms with Gasteiger partial charge in [0, 0.05) is 37.8 Å². The summed E-state index contributed by atoms with van der Waals surface area (Å²) in [6.45, 7) is 2.64. The standard InChI is InChI=1S/C20H21N3O3/c1-24-17-6-5-14(10-19(17)25-2)12-23-8-7-16-15(13-23)11-21-20(22-16)18-4-3-9-26-18/h3-6,9-11H,7-8,12-13H2,1-2H3. The van der Waals surface area contributed by atoms with Crippen molar-refractivity contribution in [1.29, 1.82) is 0 Å². The van der Waals surface area contributed by atoms with Crippen LogP contribution in [-0.4, -0.2) is 35.6 Å². The fourth-order valence-electron chi connectivity index (χ4n) is 3.27. The Hall–Kier alpha value is -2.86. The lowest BCUT2D eigenvalue weighted by Gasteiger charge is -2.28. The van der Waals surface area contributed by atoms with Gasteiger partial charge in [0.2, 0.25) is 0 Å². The Balaban J connectivity index is 1.49. The number of benzene rings is 1. The summed E-state index contributed by atoms with van der Waals surface area (Å²) in [7, 11) is 3.31. The molecule has 3 aromatic rings. The van der Waals surface area contributed by atoms with Crippen LogP contribution in [0.2, 0.25) is 0 Å². The zero-order valence-electron chi connectivity index (χ0n) is 14.9. The molecule has 134 valence electrons. The van der Waals surface area contributed by atoms with Crippen molar-refractivity contribution in [3.8, 4) is 23.1 Å². The van der Waals surface area contributed by atoms with E-state index in [2.05, 4.69) is 20.9 Å². The average molecular weight is 351 g/mol. The summed E-state index contributed by atoms with van der Waals surface area (Å²) >= 11 is 0. The van der Waals surface area contributed by atoms with Crippen LogP contribution < -0.4 is 9.47 Å². The highest BCUT2D eigenvalue weighted by molar-refractivity contribution is 5.47. The molecule has 1 aliphatic rings. The Morgan fingerprint density at radius 1 is 1.15 bits per heavy atom. The van der Waals surface area contributed by atoms with Gasteiger partial charge in [-0.2, -0.15) is 0 Å². The van der Waals surface area contributed by atoms with Crippen molar-refractivity contribution in [1.82, 2.24) is 14.9 Å². The van der Waals surface area contributed by atoms with Crippen molar-refractivity contribution in [3.05, 3.63) is 59.6 Å². The number of rotatable bonds is 5. The van der Waals surface area contributed by atoms with Gasteiger partial charge in [-0.15, -0.1) is 0 Å². The van der Waals surface area contributed by atoms with Gasteiger partial charge >= 0.3 is 0 Å². The fourth-order valence-corrected chi connectivity index (χ4v) is 3.27. The zero-order chi connectivity index (χ0) is 17.9. The third kappa shape index (κ3) is 3.28. The molecule has 1 aromatic carbocycles. The summed E-state index contributed by atoms with van der Waals surface area (Å²) in [5.41, 5.74) is 3.47. The van der Waals surface area contributed by atoms with E-state index in [9.17, 15) is 0 Å². The molecule has 0 N–H and O–H groups in total. The summed E-state index contributed by atoms with van der Waals surface area (Å²) in [6.07, 6.45) is 4.46. The molecule has 0 amide bonds. The highest BCUT2D eigenvalue weighted by Crippen LogP contribution is 2.29. The second-order valence-corrected chi connectivity index (χ2v) is 6.29. The van der Waals surface area contributed by atoms with Gasteiger partial charge in [0.15, 0.2) is 23.1 Å². The first-order chi connectivity index (χ1) is 12.8. The predicted molar refractivity (Wildman–Crippen MR) is 97.1 cm³/mol. The van der Waals surface area contributed by atoms with Gasteiger partial charge in [-0.25, -0.2) is 9.97 Å². The maximum Gasteiger partial charge on any atom is 0.195 e. The van der Waals surface area contributed by atoms with Crippen molar-refractivity contribution in [2.75, 3.05) is 20.8 Å². The molecular weight excluding hydrogens is 330 g/mol. The number of fused-ring (bicyclic) bond motifs is 1. The van der Waals surface area contributed by atoms with E-state index in [1.807, 2.05) is 30.5 Å². The van der Waals surface area contributed by atoms with Crippen LogP contribution in [0.15, 0.2) is 47.2 Å². The number of aromatic nitrogens is 2. The first kappa shape index (κ1) is 16.6. The molecule has 0 saturated carbocycles. The molecular formula is C20H21N3O3. The van der Waals surface area contributed by atoms with Gasteiger partial charge in [-0.05, 0) is 29.8 Å². The third-order valence-electron chi connectivity index (χ3n) is 4.61. The van der Waals surface area contributed by atoms with Gasteiger partial charge in [0.25, 0.3) is 0 Å². The van der Waals surface area contributed by atoms with Crippen LogP contribution >= 0.6 is 0 Å². The minimum atomic E-state index is 0.655. The molecule has 0 atom stereocenters. The minimum Gasteiger partial charge on any atom is -0.493 e. The Labute approximate surface area is 152 Å². The van der Waals surface area contributed by atoms with Crippen LogP contribution in [0, 0.1) is 0 Å². The third-order valence-corrected chi connectivity index (χ3v) is 4.61. The minimum absolute atomic E-state index is 0.655. The van der Waals surface area contributed by atoms with Crippen LogP contribution in [0.25, 0.3) is 11.6 Å². The number of furan rings is 1. The molecule has 0 spiro atoms. The molecule has 0 unspecified atom stereocenters. The molecule has 6 nitrogen and oxygen atoms in total. The lowest BCUT2D eigenvalue weighted by Crippen LogP contribution is -2.31. The molecule has 0 fully saturated rings. The molecule has 0 radical (unpaired) electrons. The molecule has 0 aliphatic carbocycles. The average Bonchev–Trinajstić information content (AvgIpc) is 3.22. The SMILES string of the molecule is COc1ccc(CN2CCc3nc(-c4ccco4)ncc3C2)cc1OC. The van der Waals surface area contributed by atoms with Crippen molar-refractivity contribution in [3.63, 3.8) is 0 Å². The summed E-state index contributed by atoms with van der Waals surface area (Å²) < 4.78 is 16.1. The van der Waals surface area contributed by atoms with Crippen molar-refractivity contribution < 1.29 is 13.9 Å². The monoisotopic (exact) mass is 351 g/mol. The Morgan fingerprint density at radius 3 is 2.81 bits per heavy atom. The van der Waals surface area contributed by atoms with Crippen LogP contribution in [0.5, 0.6) is 11.5 Å². The molecule has 0 bridgehead atoms. The van der Waals surface area contributed by atoms with E-state index in [0.29, 0.717) is 11.6 Å². The van der Waals surface area contributed by atoms with Crippen LogP contribution in [0.3, 0.4) is 0 Å². The molecule has 3 heterocycles. The Kier molecular flexibility index (Phi) is 4.58. The maximum absolute atomic E-state index is 5.40. The number of nitrogens with zero attached hydrogens (tertiary/aromatic N) is 3. The molecule has 6 heteroatoms. The van der Waals surface area contributed by atoms with Gasteiger partial charge in [-0.1, -0.05) is 6.07 Å². The van der Waals surface area contributed by atoms with Crippen molar-refractivity contribution in [2.24, 2.45) is 0 Å². The fraction of sp³-hybridized carbons (Fsp3) is 0.300. The summed E-state index contributed by atoms with van der Waals surface area (Å²) in [5, 5.41) is 0. The van der Waals surface area contributed by atoms with E-state index in [1.165, 1.54) is 11.1 Å². The van der Waals surface area contributed by atoms with Gasteiger partial charge in [-0.3, -0.25) is 4.90 Å². The van der Waals surface area contributed by atoms with Crippen LogP contribution in [0.4, 0.5) is 0 Å². The highest BCUT2D eigenvalue weighted by Gasteiger charge is 2.20. The smallest absolute Gasteiger partial charge is 0.195 e. The summed E-state index contributed by atoms with van der Waals surface area (Å²) in [5.74, 6) is 2.87. The highest BCUT2D eigenvalue weighted by atomic mass is 16.5. The molecule has 1 aliphatic heterocycles. The van der Waals surface area contributed by atoms with E-state index < -0.39 is 0 Å². The Morgan fingerprint density at radius 2 is 2.04 bits per heavy atom. The number of hydrogen-bond acceptors (Lipinski definition) is 6. The van der Waals surface area contributed by atoms with Crippen molar-refractivity contribution >= 4 is 0 Å². The lowest BCUT2D eigenvalue weighted by molar-refractivity contribution is 0.242. The van der Waals surface area contributed by atoms with Crippen LogP contribution in [0.1, 0.15) is 16.8 Å². The van der Waals surface area contributed by atoms with Gasteiger partial charge < -0.3 is 13.9 Å². The largest absolute Gasteiger partial charge is 0.493 e. The topological polar surface area (TPSA) is 60.6 Å². The maximum atomic E-state index is 5.40. The molecule has 0 saturated heterocycles. The first-order valence-electron chi connectivity index (χ1n) is 8.58. The second-order valence-electron chi connectivity index (χ2n) is 6.29. The summed E-state index contributed by atoms with van der Waals surface area (Å²) in [4.78, 5) is 11.5. The molecule has 2 aromatic heterocycles. The number of methoxy groups -OCH3 is 2. The quantitative estimate of drug-likeness (QED) is 0.703. The number of hydrogen-bond donors (Lipinski definition) is 0. The van der Waals surface area contributed by atoms with Crippen LogP contribution in [-0.2, 0) is 19.5 Å². The second kappa shape index (κ2) is 7.17.